The Morgan fingerprint density at radius 3 is 2.22 bits per heavy atom. The summed E-state index contributed by atoms with van der Waals surface area (Å²) in [5.74, 6) is 1.62. The molecule has 0 radical (unpaired) electrons. The van der Waals surface area contributed by atoms with Crippen LogP contribution in [-0.4, -0.2) is 45.6 Å². The van der Waals surface area contributed by atoms with Gasteiger partial charge in [-0.05, 0) is 55.3 Å². The fourth-order valence-corrected chi connectivity index (χ4v) is 5.27. The minimum Gasteiger partial charge on any atom is -0.493 e. The number of hydrogen-bond acceptors (Lipinski definition) is 9. The van der Waals surface area contributed by atoms with Gasteiger partial charge in [0.25, 0.3) is 5.56 Å². The molecule has 2 aromatic carbocycles. The van der Waals surface area contributed by atoms with E-state index in [-0.39, 0.29) is 12.2 Å². The van der Waals surface area contributed by atoms with E-state index in [4.69, 9.17) is 23.7 Å². The summed E-state index contributed by atoms with van der Waals surface area (Å²) in [6.45, 7) is 3.67. The van der Waals surface area contributed by atoms with Crippen LogP contribution in [0.5, 0.6) is 23.0 Å². The molecule has 0 spiro atoms. The van der Waals surface area contributed by atoms with Gasteiger partial charge >= 0.3 is 5.97 Å². The topological polar surface area (TPSA) is 97.6 Å². The molecule has 0 N–H and O–H groups in total. The Morgan fingerprint density at radius 2 is 1.59 bits per heavy atom. The molecule has 2 heterocycles. The molecule has 0 aliphatic carbocycles. The Morgan fingerprint density at radius 1 is 0.973 bits per heavy atom. The number of nitrogens with zero attached hydrogens (tertiary/aromatic N) is 2. The van der Waals surface area contributed by atoms with Crippen molar-refractivity contribution in [2.75, 3.05) is 35.0 Å². The van der Waals surface area contributed by atoms with Gasteiger partial charge in [0.2, 0.25) is 0 Å². The van der Waals surface area contributed by atoms with Gasteiger partial charge in [0, 0.05) is 0 Å². The molecule has 10 heteroatoms. The third-order valence-corrected chi connectivity index (χ3v) is 6.93. The maximum absolute atomic E-state index is 13.8. The van der Waals surface area contributed by atoms with Gasteiger partial charge in [-0.2, -0.15) is 0 Å². The minimum absolute atomic E-state index is 0.192. The number of hydrogen-bond donors (Lipinski definition) is 0. The zero-order chi connectivity index (χ0) is 26.7. The molecule has 0 saturated carbocycles. The fourth-order valence-electron chi connectivity index (χ4n) is 4.22. The molecule has 0 bridgehead atoms. The second-order valence-electron chi connectivity index (χ2n) is 8.03. The lowest BCUT2D eigenvalue weighted by Crippen LogP contribution is -2.39. The van der Waals surface area contributed by atoms with E-state index in [9.17, 15) is 9.59 Å². The summed E-state index contributed by atoms with van der Waals surface area (Å²) in [5.41, 5.74) is 1.91. The van der Waals surface area contributed by atoms with Crippen LogP contribution in [-0.2, 0) is 9.53 Å². The van der Waals surface area contributed by atoms with Gasteiger partial charge < -0.3 is 23.7 Å². The molecule has 37 heavy (non-hydrogen) atoms. The second kappa shape index (κ2) is 10.9. The highest BCUT2D eigenvalue weighted by Gasteiger charge is 2.33. The van der Waals surface area contributed by atoms with Crippen LogP contribution in [0.1, 0.15) is 31.0 Å². The highest BCUT2D eigenvalue weighted by atomic mass is 32.1. The van der Waals surface area contributed by atoms with Crippen LogP contribution >= 0.6 is 11.3 Å². The molecule has 9 nitrogen and oxygen atoms in total. The first-order chi connectivity index (χ1) is 17.9. The molecule has 1 atom stereocenters. The van der Waals surface area contributed by atoms with Crippen molar-refractivity contribution < 1.29 is 28.5 Å². The number of rotatable bonds is 8. The van der Waals surface area contributed by atoms with Gasteiger partial charge in [-0.1, -0.05) is 23.5 Å². The second-order valence-corrected chi connectivity index (χ2v) is 9.04. The van der Waals surface area contributed by atoms with Crippen LogP contribution in [0.25, 0.3) is 6.08 Å². The number of esters is 1. The molecule has 3 aromatic rings. The summed E-state index contributed by atoms with van der Waals surface area (Å²) in [6.07, 6.45) is 1.76. The molecular formula is C27H28N2O7S. The van der Waals surface area contributed by atoms with Crippen LogP contribution in [0, 0.1) is 0 Å². The smallest absolute Gasteiger partial charge is 0.338 e. The number of ether oxygens (including phenoxy) is 5. The van der Waals surface area contributed by atoms with Crippen molar-refractivity contribution in [2.24, 2.45) is 4.99 Å². The number of allylic oxidation sites excluding steroid dienone is 1. The third-order valence-electron chi connectivity index (χ3n) is 5.95. The highest BCUT2D eigenvalue weighted by molar-refractivity contribution is 7.07. The Hall–Kier alpha value is -4.05. The maximum Gasteiger partial charge on any atom is 0.338 e. The summed E-state index contributed by atoms with van der Waals surface area (Å²) in [4.78, 5) is 31.9. The van der Waals surface area contributed by atoms with E-state index in [1.165, 1.54) is 23.0 Å². The summed E-state index contributed by atoms with van der Waals surface area (Å²) in [5, 5.41) is 0. The Labute approximate surface area is 217 Å². The fraction of sp³-hybridized carbons (Fsp3) is 0.296. The van der Waals surface area contributed by atoms with E-state index in [2.05, 4.69) is 4.99 Å². The predicted molar refractivity (Wildman–Crippen MR) is 139 cm³/mol. The zero-order valence-corrected chi connectivity index (χ0v) is 22.3. The van der Waals surface area contributed by atoms with Crippen molar-refractivity contribution in [2.45, 2.75) is 19.9 Å². The maximum atomic E-state index is 13.8. The standard InChI is InChI=1S/C27H28N2O7S/c1-7-36-26(31)23-15(2)28-27-29(24(23)17-9-11-19(33-4)21(14-17)35-6)25(30)22(37-27)13-16-8-10-18(32-3)20(12-16)34-5/h8-14,24H,7H2,1-6H3/b22-13-/t24-/m1/s1. The summed E-state index contributed by atoms with van der Waals surface area (Å²) in [6, 6.07) is 9.94. The van der Waals surface area contributed by atoms with E-state index in [0.717, 1.165) is 5.56 Å². The molecular weight excluding hydrogens is 496 g/mol. The average Bonchev–Trinajstić information content (AvgIpc) is 3.21. The predicted octanol–water partition coefficient (Wildman–Crippen LogP) is 2.83. The zero-order valence-electron chi connectivity index (χ0n) is 21.5. The first-order valence-corrected chi connectivity index (χ1v) is 12.3. The van der Waals surface area contributed by atoms with Crippen LogP contribution < -0.4 is 33.8 Å². The number of thiazole rings is 1. The first kappa shape index (κ1) is 26.0. The lowest BCUT2D eigenvalue weighted by molar-refractivity contribution is -0.139. The molecule has 4 rings (SSSR count). The van der Waals surface area contributed by atoms with E-state index in [0.29, 0.717) is 49.2 Å². The van der Waals surface area contributed by atoms with Crippen molar-refractivity contribution in [3.63, 3.8) is 0 Å². The summed E-state index contributed by atoms with van der Waals surface area (Å²) >= 11 is 1.24. The number of methoxy groups -OCH3 is 4. The molecule has 1 aromatic heterocycles. The lowest BCUT2D eigenvalue weighted by atomic mass is 9.95. The molecule has 0 saturated heterocycles. The Kier molecular flexibility index (Phi) is 7.68. The SMILES string of the molecule is CCOC(=O)C1=C(C)N=c2s/c(=C\c3ccc(OC)c(OC)c3)c(=O)n2[C@@H]1c1ccc(OC)c(OC)c1. The van der Waals surface area contributed by atoms with E-state index < -0.39 is 12.0 Å². The van der Waals surface area contributed by atoms with Gasteiger partial charge in [-0.15, -0.1) is 0 Å². The molecule has 1 aliphatic heterocycles. The molecule has 0 fully saturated rings. The molecule has 194 valence electrons. The van der Waals surface area contributed by atoms with Crippen molar-refractivity contribution in [3.8, 4) is 23.0 Å². The highest BCUT2D eigenvalue weighted by Crippen LogP contribution is 2.36. The normalized spacial score (nSPS) is 15.1. The van der Waals surface area contributed by atoms with Gasteiger partial charge in [-0.3, -0.25) is 9.36 Å². The van der Waals surface area contributed by atoms with Crippen LogP contribution in [0.3, 0.4) is 0 Å². The minimum atomic E-state index is -0.761. The van der Waals surface area contributed by atoms with Gasteiger partial charge in [-0.25, -0.2) is 9.79 Å². The van der Waals surface area contributed by atoms with Gasteiger partial charge in [0.1, 0.15) is 0 Å². The molecule has 1 aliphatic rings. The quantitative estimate of drug-likeness (QED) is 0.418. The van der Waals surface area contributed by atoms with Crippen molar-refractivity contribution in [1.29, 1.82) is 0 Å². The number of carbonyl (C=O) groups is 1. The largest absolute Gasteiger partial charge is 0.493 e. The van der Waals surface area contributed by atoms with E-state index >= 15 is 0 Å². The monoisotopic (exact) mass is 524 g/mol. The number of aromatic nitrogens is 1. The molecule has 0 unspecified atom stereocenters. The van der Waals surface area contributed by atoms with Crippen LogP contribution in [0.2, 0.25) is 0 Å². The van der Waals surface area contributed by atoms with Crippen LogP contribution in [0.4, 0.5) is 0 Å². The number of fused-ring (bicyclic) bond motifs is 1. The van der Waals surface area contributed by atoms with Gasteiger partial charge in [0.15, 0.2) is 27.8 Å². The van der Waals surface area contributed by atoms with Crippen molar-refractivity contribution >= 4 is 23.4 Å². The van der Waals surface area contributed by atoms with Gasteiger partial charge in [0.05, 0.1) is 56.9 Å². The number of carbonyl (C=O) groups excluding carboxylic acids is 1. The van der Waals surface area contributed by atoms with E-state index in [1.807, 2.05) is 6.07 Å². The third kappa shape index (κ3) is 4.84. The Balaban J connectivity index is 1.95. The van der Waals surface area contributed by atoms with Crippen molar-refractivity contribution in [1.82, 2.24) is 4.57 Å². The summed E-state index contributed by atoms with van der Waals surface area (Å²) < 4.78 is 28.9. The lowest BCUT2D eigenvalue weighted by Gasteiger charge is -2.25. The molecule has 0 amide bonds. The number of benzene rings is 2. The van der Waals surface area contributed by atoms with Crippen molar-refractivity contribution in [3.05, 3.63) is 78.5 Å². The van der Waals surface area contributed by atoms with E-state index in [1.54, 1.807) is 71.6 Å². The average molecular weight is 525 g/mol. The van der Waals surface area contributed by atoms with Crippen LogP contribution in [0.15, 0.2) is 57.5 Å². The first-order valence-electron chi connectivity index (χ1n) is 11.5. The summed E-state index contributed by atoms with van der Waals surface area (Å²) in [7, 11) is 6.19. The Bertz CT molecular complexity index is 1550.